The fourth-order valence-corrected chi connectivity index (χ4v) is 2.84. The summed E-state index contributed by atoms with van der Waals surface area (Å²) in [6, 6.07) is -0.341. The number of aromatic amines is 1. The van der Waals surface area contributed by atoms with E-state index in [0.29, 0.717) is 32.0 Å². The van der Waals surface area contributed by atoms with Crippen molar-refractivity contribution < 1.29 is 9.84 Å². The van der Waals surface area contributed by atoms with Gasteiger partial charge in [-0.05, 0) is 15.6 Å². The van der Waals surface area contributed by atoms with E-state index in [1.54, 1.807) is 6.08 Å². The second-order valence-corrected chi connectivity index (χ2v) is 5.36. The summed E-state index contributed by atoms with van der Waals surface area (Å²) < 4.78 is 5.57. The fraction of sp³-hybridized carbons (Fsp3) is 0.500. The summed E-state index contributed by atoms with van der Waals surface area (Å²) in [6.45, 7) is 1.40. The van der Waals surface area contributed by atoms with Crippen molar-refractivity contribution in [1.82, 2.24) is 40.9 Å². The molecule has 120 valence electrons. The van der Waals surface area contributed by atoms with Crippen molar-refractivity contribution >= 4 is 0 Å². The number of hydrogen-bond acceptors (Lipinski definition) is 9. The van der Waals surface area contributed by atoms with Crippen molar-refractivity contribution in [2.75, 3.05) is 24.8 Å². The summed E-state index contributed by atoms with van der Waals surface area (Å²) in [5, 5.41) is 38.3. The van der Waals surface area contributed by atoms with Gasteiger partial charge in [0.2, 0.25) is 11.6 Å². The highest BCUT2D eigenvalue weighted by Gasteiger charge is 2.42. The summed E-state index contributed by atoms with van der Waals surface area (Å²) in [5.41, 5.74) is -1.06. The number of nitrogens with one attached hydrogen (secondary N) is 1. The number of tetrazole rings is 2. The lowest BCUT2D eigenvalue weighted by molar-refractivity contribution is -0.0180. The zero-order chi connectivity index (χ0) is 15.7. The molecule has 2 atom stereocenters. The number of allylic oxidation sites excluding steroid dienone is 2. The summed E-state index contributed by atoms with van der Waals surface area (Å²) in [4.78, 5) is 1.50. The van der Waals surface area contributed by atoms with Crippen LogP contribution >= 0.6 is 0 Å². The van der Waals surface area contributed by atoms with Gasteiger partial charge < -0.3 is 9.84 Å². The van der Waals surface area contributed by atoms with Gasteiger partial charge in [-0.2, -0.15) is 5.21 Å². The Hall–Kier alpha value is -2.66. The van der Waals surface area contributed by atoms with E-state index in [1.807, 2.05) is 23.2 Å². The normalized spacial score (nSPS) is 27.5. The molecule has 0 radical (unpaired) electrons. The smallest absolute Gasteiger partial charge is 0.245 e. The molecule has 0 aromatic carbocycles. The Bertz CT molecular complexity index is 725. The van der Waals surface area contributed by atoms with Gasteiger partial charge in [-0.15, -0.1) is 20.1 Å². The van der Waals surface area contributed by atoms with Crippen LogP contribution in [-0.2, 0) is 4.74 Å². The first-order chi connectivity index (χ1) is 11.3. The van der Waals surface area contributed by atoms with Gasteiger partial charge in [0, 0.05) is 6.42 Å². The zero-order valence-corrected chi connectivity index (χ0v) is 12.1. The molecule has 11 heteroatoms. The van der Waals surface area contributed by atoms with Crippen molar-refractivity contribution in [2.45, 2.75) is 18.1 Å². The molecule has 2 unspecified atom stereocenters. The Kier molecular flexibility index (Phi) is 3.35. The summed E-state index contributed by atoms with van der Waals surface area (Å²) in [6.07, 6.45) is 7.93. The first-order valence-electron chi connectivity index (χ1n) is 7.21. The first kappa shape index (κ1) is 14.0. The Morgan fingerprint density at radius 1 is 1.35 bits per heavy atom. The van der Waals surface area contributed by atoms with Crippen molar-refractivity contribution in [3.63, 3.8) is 0 Å². The molecule has 0 amide bonds. The van der Waals surface area contributed by atoms with Gasteiger partial charge in [0.25, 0.3) is 0 Å². The van der Waals surface area contributed by atoms with Gasteiger partial charge in [-0.1, -0.05) is 24.3 Å². The van der Waals surface area contributed by atoms with E-state index in [2.05, 4.69) is 36.1 Å². The average Bonchev–Trinajstić information content (AvgIpc) is 3.26. The van der Waals surface area contributed by atoms with E-state index in [-0.39, 0.29) is 11.9 Å². The zero-order valence-electron chi connectivity index (χ0n) is 12.1. The van der Waals surface area contributed by atoms with E-state index in [4.69, 9.17) is 4.74 Å². The third-order valence-electron chi connectivity index (χ3n) is 4.00. The molecule has 1 aliphatic carbocycles. The van der Waals surface area contributed by atoms with E-state index in [9.17, 15) is 5.11 Å². The maximum atomic E-state index is 11.0. The summed E-state index contributed by atoms with van der Waals surface area (Å²) in [7, 11) is 0. The topological polar surface area (TPSA) is 131 Å². The van der Waals surface area contributed by atoms with Crippen LogP contribution in [-0.4, -0.2) is 77.4 Å². The molecule has 2 N–H and O–H groups in total. The predicted molar refractivity (Wildman–Crippen MR) is 76.5 cm³/mol. The molecule has 0 bridgehead atoms. The molecule has 2 aromatic rings. The number of hydrogen-bond donors (Lipinski definition) is 2. The average molecular weight is 317 g/mol. The highest BCUT2D eigenvalue weighted by atomic mass is 16.5. The predicted octanol–water partition coefficient (Wildman–Crippen LogP) is -1.56. The molecule has 2 aromatic heterocycles. The molecule has 11 nitrogen and oxygen atoms in total. The lowest BCUT2D eigenvalue weighted by atomic mass is 9.87. The number of morpholine rings is 1. The minimum Gasteiger partial charge on any atom is -0.383 e. The van der Waals surface area contributed by atoms with Gasteiger partial charge in [0.1, 0.15) is 11.6 Å². The maximum absolute atomic E-state index is 11.0. The first-order valence-corrected chi connectivity index (χ1v) is 7.21. The van der Waals surface area contributed by atoms with Gasteiger partial charge >= 0.3 is 0 Å². The molecule has 1 aliphatic heterocycles. The minimum atomic E-state index is -1.06. The van der Waals surface area contributed by atoms with Gasteiger partial charge in [0.15, 0.2) is 0 Å². The number of nitrogens with zero attached hydrogens (tertiary/aromatic N) is 8. The molecular formula is C12H15N9O2. The second kappa shape index (κ2) is 5.52. The van der Waals surface area contributed by atoms with E-state index in [1.165, 1.54) is 4.79 Å². The monoisotopic (exact) mass is 317 g/mol. The summed E-state index contributed by atoms with van der Waals surface area (Å²) in [5.74, 6) is 0.635. The molecule has 0 spiro atoms. The fourth-order valence-electron chi connectivity index (χ4n) is 2.84. The highest BCUT2D eigenvalue weighted by Crippen LogP contribution is 2.27. The van der Waals surface area contributed by atoms with Gasteiger partial charge in [-0.3, -0.25) is 5.01 Å². The Balaban J connectivity index is 1.71. The summed E-state index contributed by atoms with van der Waals surface area (Å²) >= 11 is 0. The number of aromatic nitrogens is 8. The second-order valence-electron chi connectivity index (χ2n) is 5.36. The van der Waals surface area contributed by atoms with E-state index >= 15 is 0 Å². The number of H-pyrrole nitrogens is 1. The van der Waals surface area contributed by atoms with Crippen LogP contribution in [0.3, 0.4) is 0 Å². The van der Waals surface area contributed by atoms with E-state index < -0.39 is 5.60 Å². The molecule has 4 rings (SSSR count). The van der Waals surface area contributed by atoms with Gasteiger partial charge in [-0.25, -0.2) is 0 Å². The van der Waals surface area contributed by atoms with Crippen molar-refractivity contribution in [1.29, 1.82) is 0 Å². The minimum absolute atomic E-state index is 0.284. The SMILES string of the molecule is OC1(C2COCCN2n2nnnc2-c2nn[nH]n2)C=CC=CC1. The van der Waals surface area contributed by atoms with Crippen LogP contribution in [0.15, 0.2) is 24.3 Å². The molecule has 1 fully saturated rings. The largest absolute Gasteiger partial charge is 0.383 e. The standard InChI is InChI=1S/C12H15N9O2/c22-12(4-2-1-3-5-12)9-8-23-7-6-20(9)21-11(15-18-19-21)10-13-16-17-14-10/h1-4,9,22H,5-8H2,(H,13,14,16,17). The van der Waals surface area contributed by atoms with Crippen LogP contribution in [0.5, 0.6) is 0 Å². The van der Waals surface area contributed by atoms with Crippen LogP contribution in [0.25, 0.3) is 11.6 Å². The molecular weight excluding hydrogens is 302 g/mol. The number of rotatable bonds is 3. The molecule has 3 heterocycles. The Morgan fingerprint density at radius 2 is 2.30 bits per heavy atom. The Labute approximate surface area is 130 Å². The van der Waals surface area contributed by atoms with Crippen LogP contribution in [0.2, 0.25) is 0 Å². The van der Waals surface area contributed by atoms with Crippen molar-refractivity contribution in [3.8, 4) is 11.6 Å². The van der Waals surface area contributed by atoms with Crippen LogP contribution < -0.4 is 5.01 Å². The highest BCUT2D eigenvalue weighted by molar-refractivity contribution is 5.40. The van der Waals surface area contributed by atoms with Crippen molar-refractivity contribution in [3.05, 3.63) is 24.3 Å². The Morgan fingerprint density at radius 3 is 3.09 bits per heavy atom. The number of ether oxygens (including phenoxy) is 1. The van der Waals surface area contributed by atoms with Crippen LogP contribution in [0.4, 0.5) is 0 Å². The van der Waals surface area contributed by atoms with Gasteiger partial charge in [0.05, 0.1) is 19.8 Å². The molecule has 2 aliphatic rings. The quantitative estimate of drug-likeness (QED) is 0.689. The lowest BCUT2D eigenvalue weighted by Crippen LogP contribution is -2.62. The van der Waals surface area contributed by atoms with Crippen LogP contribution in [0, 0.1) is 0 Å². The third-order valence-corrected chi connectivity index (χ3v) is 4.00. The van der Waals surface area contributed by atoms with E-state index in [0.717, 1.165) is 0 Å². The molecule has 1 saturated heterocycles. The molecule has 0 saturated carbocycles. The third kappa shape index (κ3) is 2.39. The maximum Gasteiger partial charge on any atom is 0.245 e. The number of aliphatic hydroxyl groups is 1. The van der Waals surface area contributed by atoms with Crippen LogP contribution in [0.1, 0.15) is 6.42 Å². The lowest BCUT2D eigenvalue weighted by Gasteiger charge is -2.44. The van der Waals surface area contributed by atoms with Crippen molar-refractivity contribution in [2.24, 2.45) is 0 Å². The molecule has 23 heavy (non-hydrogen) atoms.